The molecule has 0 saturated heterocycles. The first-order chi connectivity index (χ1) is 5.63. The number of hydrogen-bond acceptors (Lipinski definition) is 5. The molecule has 0 radical (unpaired) electrons. The Hall–Kier alpha value is -0.200. The third kappa shape index (κ3) is 3.99. The first-order valence-electron chi connectivity index (χ1n) is 4.09. The maximum Gasteiger partial charge on any atom is 0.107 e. The zero-order valence-corrected chi connectivity index (χ0v) is 7.40. The molecule has 0 fully saturated rings. The number of aliphatic hydroxyl groups excluding tert-OH is 2. The van der Waals surface area contributed by atoms with E-state index in [0.717, 1.165) is 0 Å². The van der Waals surface area contributed by atoms with E-state index in [0.29, 0.717) is 19.5 Å². The van der Waals surface area contributed by atoms with Crippen molar-refractivity contribution in [2.75, 3.05) is 20.1 Å². The van der Waals surface area contributed by atoms with Gasteiger partial charge in [-0.2, -0.15) is 0 Å². The first-order valence-corrected chi connectivity index (χ1v) is 4.09. The molecule has 74 valence electrons. The van der Waals surface area contributed by atoms with Gasteiger partial charge in [0.25, 0.3) is 0 Å². The van der Waals surface area contributed by atoms with Crippen molar-refractivity contribution < 1.29 is 10.2 Å². The molecule has 0 amide bonds. The summed E-state index contributed by atoms with van der Waals surface area (Å²) in [5, 5.41) is 21.3. The number of likely N-dealkylation sites (N-methyl/N-ethyl adjacent to an activating group) is 1. The van der Waals surface area contributed by atoms with Crippen LogP contribution in [-0.2, 0) is 0 Å². The average Bonchev–Trinajstić information content (AvgIpc) is 1.99. The second kappa shape index (κ2) is 6.33. The van der Waals surface area contributed by atoms with E-state index in [1.54, 1.807) is 7.05 Å². The molecule has 0 saturated carbocycles. The Balaban J connectivity index is 3.90. The number of rotatable bonds is 6. The van der Waals surface area contributed by atoms with Crippen LogP contribution in [0.3, 0.4) is 0 Å². The van der Waals surface area contributed by atoms with E-state index in [-0.39, 0.29) is 5.92 Å². The van der Waals surface area contributed by atoms with E-state index in [1.165, 1.54) is 0 Å². The lowest BCUT2D eigenvalue weighted by Crippen LogP contribution is -2.43. The summed E-state index contributed by atoms with van der Waals surface area (Å²) in [6.07, 6.45) is -1.11. The van der Waals surface area contributed by atoms with Crippen LogP contribution in [-0.4, -0.2) is 42.7 Å². The largest absolute Gasteiger partial charge is 0.391 e. The van der Waals surface area contributed by atoms with Crippen molar-refractivity contribution in [2.24, 2.45) is 17.4 Å². The van der Waals surface area contributed by atoms with E-state index >= 15 is 0 Å². The molecule has 0 aliphatic carbocycles. The molecule has 0 heterocycles. The summed E-state index contributed by atoms with van der Waals surface area (Å²) in [4.78, 5) is 0. The smallest absolute Gasteiger partial charge is 0.107 e. The van der Waals surface area contributed by atoms with Gasteiger partial charge in [-0.15, -0.1) is 0 Å². The third-order valence-corrected chi connectivity index (χ3v) is 1.85. The standard InChI is InChI=1S/C7H19N3O2/c1-10-4-6(11)5(2-3-8)7(9)12/h5-7,10-12H,2-4,8-9H2,1H3. The molecule has 7 N–H and O–H groups in total. The zero-order chi connectivity index (χ0) is 9.56. The van der Waals surface area contributed by atoms with Crippen molar-refractivity contribution in [1.29, 1.82) is 0 Å². The highest BCUT2D eigenvalue weighted by atomic mass is 16.3. The fourth-order valence-electron chi connectivity index (χ4n) is 1.14. The van der Waals surface area contributed by atoms with Crippen molar-refractivity contribution in [3.8, 4) is 0 Å². The van der Waals surface area contributed by atoms with Crippen molar-refractivity contribution >= 4 is 0 Å². The van der Waals surface area contributed by atoms with Gasteiger partial charge in [0.05, 0.1) is 6.10 Å². The predicted molar refractivity (Wildman–Crippen MR) is 47.3 cm³/mol. The average molecular weight is 177 g/mol. The molecule has 0 spiro atoms. The highest BCUT2D eigenvalue weighted by molar-refractivity contribution is 4.74. The molecule has 5 nitrogen and oxygen atoms in total. The van der Waals surface area contributed by atoms with Crippen LogP contribution in [0.25, 0.3) is 0 Å². The van der Waals surface area contributed by atoms with Crippen LogP contribution >= 0.6 is 0 Å². The minimum atomic E-state index is -1.00. The number of nitrogens with one attached hydrogen (secondary N) is 1. The minimum Gasteiger partial charge on any atom is -0.391 e. The quantitative estimate of drug-likeness (QED) is 0.296. The van der Waals surface area contributed by atoms with Gasteiger partial charge in [0, 0.05) is 12.5 Å². The Kier molecular flexibility index (Phi) is 6.23. The number of hydrogen-bond donors (Lipinski definition) is 5. The van der Waals surface area contributed by atoms with Crippen molar-refractivity contribution in [3.63, 3.8) is 0 Å². The van der Waals surface area contributed by atoms with E-state index in [1.807, 2.05) is 0 Å². The molecule has 0 bridgehead atoms. The molecule has 3 unspecified atom stereocenters. The van der Waals surface area contributed by atoms with Crippen LogP contribution in [0.1, 0.15) is 6.42 Å². The minimum absolute atomic E-state index is 0.345. The normalized spacial score (nSPS) is 18.8. The summed E-state index contributed by atoms with van der Waals surface area (Å²) in [7, 11) is 1.73. The predicted octanol–water partition coefficient (Wildman–Crippen LogP) is -2.19. The summed E-state index contributed by atoms with van der Waals surface area (Å²) in [5.74, 6) is -0.345. The second-order valence-electron chi connectivity index (χ2n) is 2.86. The van der Waals surface area contributed by atoms with Gasteiger partial charge in [0.15, 0.2) is 0 Å². The van der Waals surface area contributed by atoms with Crippen LogP contribution in [0.4, 0.5) is 0 Å². The van der Waals surface area contributed by atoms with Gasteiger partial charge in [-0.1, -0.05) is 0 Å². The SMILES string of the molecule is CNCC(O)C(CCN)C(N)O. The van der Waals surface area contributed by atoms with Crippen LogP contribution in [0.5, 0.6) is 0 Å². The highest BCUT2D eigenvalue weighted by Crippen LogP contribution is 2.09. The fraction of sp³-hybridized carbons (Fsp3) is 1.00. The lowest BCUT2D eigenvalue weighted by atomic mass is 9.97. The Morgan fingerprint density at radius 2 is 2.00 bits per heavy atom. The van der Waals surface area contributed by atoms with Gasteiger partial charge >= 0.3 is 0 Å². The Morgan fingerprint density at radius 1 is 1.42 bits per heavy atom. The van der Waals surface area contributed by atoms with E-state index in [4.69, 9.17) is 16.6 Å². The summed E-state index contributed by atoms with van der Waals surface area (Å²) in [6, 6.07) is 0. The molecular formula is C7H19N3O2. The van der Waals surface area contributed by atoms with Crippen molar-refractivity contribution in [2.45, 2.75) is 18.8 Å². The molecule has 0 aliphatic rings. The van der Waals surface area contributed by atoms with Crippen LogP contribution in [0, 0.1) is 5.92 Å². The topological polar surface area (TPSA) is 105 Å². The maximum atomic E-state index is 9.45. The van der Waals surface area contributed by atoms with Gasteiger partial charge in [0.1, 0.15) is 6.23 Å². The molecular weight excluding hydrogens is 158 g/mol. The Bertz CT molecular complexity index is 111. The Morgan fingerprint density at radius 3 is 2.33 bits per heavy atom. The molecule has 0 aromatic heterocycles. The van der Waals surface area contributed by atoms with E-state index in [9.17, 15) is 5.11 Å². The summed E-state index contributed by atoms with van der Waals surface area (Å²) < 4.78 is 0. The number of aliphatic hydroxyl groups is 2. The lowest BCUT2D eigenvalue weighted by molar-refractivity contribution is 0.0139. The van der Waals surface area contributed by atoms with Crippen molar-refractivity contribution in [3.05, 3.63) is 0 Å². The monoisotopic (exact) mass is 177 g/mol. The lowest BCUT2D eigenvalue weighted by Gasteiger charge is -2.24. The first kappa shape index (κ1) is 11.8. The highest BCUT2D eigenvalue weighted by Gasteiger charge is 2.22. The molecule has 5 heteroatoms. The zero-order valence-electron chi connectivity index (χ0n) is 7.40. The molecule has 0 aliphatic heterocycles. The van der Waals surface area contributed by atoms with Crippen LogP contribution in [0.15, 0.2) is 0 Å². The Labute approximate surface area is 72.7 Å². The van der Waals surface area contributed by atoms with Gasteiger partial charge < -0.3 is 27.0 Å². The number of nitrogens with two attached hydrogens (primary N) is 2. The van der Waals surface area contributed by atoms with Gasteiger partial charge in [-0.25, -0.2) is 0 Å². The van der Waals surface area contributed by atoms with Gasteiger partial charge in [0.2, 0.25) is 0 Å². The van der Waals surface area contributed by atoms with Crippen LogP contribution < -0.4 is 16.8 Å². The van der Waals surface area contributed by atoms with Gasteiger partial charge in [-0.05, 0) is 20.0 Å². The van der Waals surface area contributed by atoms with E-state index < -0.39 is 12.3 Å². The molecule has 0 rings (SSSR count). The van der Waals surface area contributed by atoms with E-state index in [2.05, 4.69) is 5.32 Å². The summed E-state index contributed by atoms with van der Waals surface area (Å²) >= 11 is 0. The summed E-state index contributed by atoms with van der Waals surface area (Å²) in [6.45, 7) is 0.832. The molecule has 3 atom stereocenters. The molecule has 12 heavy (non-hydrogen) atoms. The van der Waals surface area contributed by atoms with Gasteiger partial charge in [-0.3, -0.25) is 0 Å². The maximum absolute atomic E-state index is 9.45. The molecule has 0 aromatic rings. The summed E-state index contributed by atoms with van der Waals surface area (Å²) in [5.41, 5.74) is 10.6. The second-order valence-corrected chi connectivity index (χ2v) is 2.86. The van der Waals surface area contributed by atoms with Crippen LogP contribution in [0.2, 0.25) is 0 Å². The fourth-order valence-corrected chi connectivity index (χ4v) is 1.14. The third-order valence-electron chi connectivity index (χ3n) is 1.85. The van der Waals surface area contributed by atoms with Crippen molar-refractivity contribution in [1.82, 2.24) is 5.32 Å². The molecule has 0 aromatic carbocycles.